The Morgan fingerprint density at radius 3 is 2.28 bits per heavy atom. The van der Waals surface area contributed by atoms with Crippen molar-refractivity contribution in [2.45, 2.75) is 44.4 Å². The lowest BCUT2D eigenvalue weighted by Crippen LogP contribution is -2.52. The van der Waals surface area contributed by atoms with Crippen LogP contribution in [0, 0.1) is 11.8 Å². The Morgan fingerprint density at radius 2 is 1.62 bits per heavy atom. The zero-order valence-corrected chi connectivity index (χ0v) is 18.6. The number of piperidine rings is 1. The lowest BCUT2D eigenvalue weighted by atomic mass is 9.88. The van der Waals surface area contributed by atoms with Crippen molar-refractivity contribution in [3.63, 3.8) is 0 Å². The Bertz CT molecular complexity index is 926. The monoisotopic (exact) mass is 432 g/mol. The fourth-order valence-electron chi connectivity index (χ4n) is 5.34. The van der Waals surface area contributed by atoms with Crippen LogP contribution < -0.4 is 10.2 Å². The predicted octanol–water partition coefficient (Wildman–Crippen LogP) is 4.05. The number of pyridine rings is 1. The number of anilines is 2. The molecule has 1 aromatic heterocycles. The summed E-state index contributed by atoms with van der Waals surface area (Å²) in [6, 6.07) is 12.2. The second-order valence-electron chi connectivity index (χ2n) is 9.51. The molecule has 6 nitrogen and oxygen atoms in total. The molecule has 0 radical (unpaired) electrons. The number of carbonyl (C=O) groups is 2. The first kappa shape index (κ1) is 21.0. The zero-order chi connectivity index (χ0) is 21.9. The van der Waals surface area contributed by atoms with E-state index in [4.69, 9.17) is 0 Å². The van der Waals surface area contributed by atoms with Gasteiger partial charge in [-0.25, -0.2) is 0 Å². The first-order valence-electron chi connectivity index (χ1n) is 12.0. The van der Waals surface area contributed by atoms with Crippen LogP contribution in [0.1, 0.15) is 50.0 Å². The molecule has 6 heteroatoms. The van der Waals surface area contributed by atoms with E-state index in [-0.39, 0.29) is 17.7 Å². The number of aromatic nitrogens is 1. The highest BCUT2D eigenvalue weighted by molar-refractivity contribution is 5.94. The molecule has 2 saturated heterocycles. The standard InChI is InChI=1S/C26H32N4O2/c31-25(22-17-30(18-22)24-6-3-13-27-16-24)28-23-9-7-19(8-10-23)20-11-14-29(15-12-20)26(32)21-4-1-2-5-21/h3,6-10,13,16,20-22H,1-2,4-5,11-12,14-15,17-18H2,(H,28,31). The SMILES string of the molecule is O=C(Nc1ccc(C2CCN(C(=O)C3CCCC3)CC2)cc1)C1CN(c2cccnc2)C1. The number of likely N-dealkylation sites (tertiary alicyclic amines) is 1. The summed E-state index contributed by atoms with van der Waals surface area (Å²) in [4.78, 5) is 33.6. The maximum atomic E-state index is 12.7. The maximum Gasteiger partial charge on any atom is 0.231 e. The lowest BCUT2D eigenvalue weighted by Gasteiger charge is -2.39. The summed E-state index contributed by atoms with van der Waals surface area (Å²) in [6.07, 6.45) is 10.2. The van der Waals surface area contributed by atoms with Gasteiger partial charge in [0.25, 0.3) is 0 Å². The van der Waals surface area contributed by atoms with Gasteiger partial charge in [-0.1, -0.05) is 25.0 Å². The molecule has 3 aliphatic rings. The van der Waals surface area contributed by atoms with E-state index in [1.165, 1.54) is 18.4 Å². The van der Waals surface area contributed by atoms with E-state index < -0.39 is 0 Å². The molecule has 1 N–H and O–H groups in total. The molecule has 0 spiro atoms. The summed E-state index contributed by atoms with van der Waals surface area (Å²) in [5, 5.41) is 3.07. The average molecular weight is 433 g/mol. The Morgan fingerprint density at radius 1 is 0.906 bits per heavy atom. The zero-order valence-electron chi connectivity index (χ0n) is 18.6. The molecular weight excluding hydrogens is 400 g/mol. The van der Waals surface area contributed by atoms with Crippen LogP contribution in [0.5, 0.6) is 0 Å². The number of rotatable bonds is 5. The van der Waals surface area contributed by atoms with Gasteiger partial charge in [0.2, 0.25) is 11.8 Å². The highest BCUT2D eigenvalue weighted by Gasteiger charge is 2.33. The third-order valence-corrected chi connectivity index (χ3v) is 7.42. The third kappa shape index (κ3) is 4.50. The molecule has 0 unspecified atom stereocenters. The number of nitrogens with one attached hydrogen (secondary N) is 1. The molecule has 0 bridgehead atoms. The molecule has 1 aliphatic carbocycles. The fourth-order valence-corrected chi connectivity index (χ4v) is 5.34. The van der Waals surface area contributed by atoms with Gasteiger partial charge in [-0.3, -0.25) is 14.6 Å². The Labute approximate surface area is 190 Å². The summed E-state index contributed by atoms with van der Waals surface area (Å²) in [5.74, 6) is 1.25. The quantitative estimate of drug-likeness (QED) is 0.774. The van der Waals surface area contributed by atoms with Crippen LogP contribution in [0.25, 0.3) is 0 Å². The van der Waals surface area contributed by atoms with Gasteiger partial charge in [0.05, 0.1) is 17.8 Å². The predicted molar refractivity (Wildman–Crippen MR) is 126 cm³/mol. The number of nitrogens with zero attached hydrogens (tertiary/aromatic N) is 3. The van der Waals surface area contributed by atoms with Crippen LogP contribution in [-0.2, 0) is 9.59 Å². The molecule has 32 heavy (non-hydrogen) atoms. The molecule has 5 rings (SSSR count). The molecule has 168 valence electrons. The number of carbonyl (C=O) groups excluding carboxylic acids is 2. The van der Waals surface area contributed by atoms with E-state index in [2.05, 4.69) is 32.2 Å². The molecule has 2 aromatic rings. The normalized spacial score (nSPS) is 20.2. The fraction of sp³-hybridized carbons (Fsp3) is 0.500. The van der Waals surface area contributed by atoms with Crippen molar-refractivity contribution < 1.29 is 9.59 Å². The number of hydrogen-bond donors (Lipinski definition) is 1. The minimum Gasteiger partial charge on any atom is -0.369 e. The largest absolute Gasteiger partial charge is 0.369 e. The van der Waals surface area contributed by atoms with Crippen LogP contribution in [0.3, 0.4) is 0 Å². The smallest absolute Gasteiger partial charge is 0.231 e. The van der Waals surface area contributed by atoms with Crippen LogP contribution in [-0.4, -0.2) is 47.9 Å². The van der Waals surface area contributed by atoms with Crippen LogP contribution in [0.4, 0.5) is 11.4 Å². The van der Waals surface area contributed by atoms with Crippen LogP contribution in [0.15, 0.2) is 48.8 Å². The molecular formula is C26H32N4O2. The van der Waals surface area contributed by atoms with E-state index in [1.54, 1.807) is 6.20 Å². The van der Waals surface area contributed by atoms with E-state index in [9.17, 15) is 9.59 Å². The minimum atomic E-state index is 0.0108. The van der Waals surface area contributed by atoms with Crippen molar-refractivity contribution in [3.05, 3.63) is 54.4 Å². The second kappa shape index (κ2) is 9.31. The Balaban J connectivity index is 1.09. The van der Waals surface area contributed by atoms with Gasteiger partial charge in [0.1, 0.15) is 0 Å². The van der Waals surface area contributed by atoms with Crippen molar-refractivity contribution in [2.75, 3.05) is 36.4 Å². The molecule has 3 heterocycles. The number of benzene rings is 1. The van der Waals surface area contributed by atoms with Crippen molar-refractivity contribution in [3.8, 4) is 0 Å². The van der Waals surface area contributed by atoms with Crippen molar-refractivity contribution in [1.82, 2.24) is 9.88 Å². The van der Waals surface area contributed by atoms with Gasteiger partial charge in [-0.15, -0.1) is 0 Å². The summed E-state index contributed by atoms with van der Waals surface area (Å²) >= 11 is 0. The van der Waals surface area contributed by atoms with Crippen LogP contribution >= 0.6 is 0 Å². The summed E-state index contributed by atoms with van der Waals surface area (Å²) in [5.41, 5.74) is 3.23. The van der Waals surface area contributed by atoms with Crippen molar-refractivity contribution >= 4 is 23.2 Å². The van der Waals surface area contributed by atoms with E-state index in [1.807, 2.05) is 30.5 Å². The number of amides is 2. The molecule has 2 aliphatic heterocycles. The van der Waals surface area contributed by atoms with E-state index >= 15 is 0 Å². The highest BCUT2D eigenvalue weighted by Crippen LogP contribution is 2.32. The molecule has 1 saturated carbocycles. The Kier molecular flexibility index (Phi) is 6.10. The van der Waals surface area contributed by atoms with Gasteiger partial charge in [0, 0.05) is 44.0 Å². The molecule has 3 fully saturated rings. The van der Waals surface area contributed by atoms with Gasteiger partial charge in [-0.2, -0.15) is 0 Å². The van der Waals surface area contributed by atoms with Gasteiger partial charge in [-0.05, 0) is 61.4 Å². The van der Waals surface area contributed by atoms with E-state index in [0.29, 0.717) is 11.8 Å². The maximum absolute atomic E-state index is 12.7. The summed E-state index contributed by atoms with van der Waals surface area (Å²) in [7, 11) is 0. The average Bonchev–Trinajstić information content (AvgIpc) is 3.34. The lowest BCUT2D eigenvalue weighted by molar-refractivity contribution is -0.136. The third-order valence-electron chi connectivity index (χ3n) is 7.42. The van der Waals surface area contributed by atoms with Gasteiger partial charge >= 0.3 is 0 Å². The Hall–Kier alpha value is -2.89. The van der Waals surface area contributed by atoms with Crippen molar-refractivity contribution in [1.29, 1.82) is 0 Å². The van der Waals surface area contributed by atoms with Crippen molar-refractivity contribution in [2.24, 2.45) is 11.8 Å². The van der Waals surface area contributed by atoms with Gasteiger partial charge < -0.3 is 15.1 Å². The highest BCUT2D eigenvalue weighted by atomic mass is 16.2. The number of hydrogen-bond acceptors (Lipinski definition) is 4. The topological polar surface area (TPSA) is 65.5 Å². The first-order valence-corrected chi connectivity index (χ1v) is 12.0. The molecule has 1 aromatic carbocycles. The second-order valence-corrected chi connectivity index (χ2v) is 9.51. The summed E-state index contributed by atoms with van der Waals surface area (Å²) < 4.78 is 0. The van der Waals surface area contributed by atoms with Gasteiger partial charge in [0.15, 0.2) is 0 Å². The molecule has 0 atom stereocenters. The first-order chi connectivity index (χ1) is 15.7. The van der Waals surface area contributed by atoms with E-state index in [0.717, 1.165) is 63.2 Å². The molecule has 2 amide bonds. The minimum absolute atomic E-state index is 0.0108. The summed E-state index contributed by atoms with van der Waals surface area (Å²) in [6.45, 7) is 3.20. The van der Waals surface area contributed by atoms with Crippen LogP contribution in [0.2, 0.25) is 0 Å².